The van der Waals surface area contributed by atoms with Crippen LogP contribution in [-0.2, 0) is 11.3 Å². The van der Waals surface area contributed by atoms with Gasteiger partial charge in [-0.2, -0.15) is 5.10 Å². The van der Waals surface area contributed by atoms with Crippen molar-refractivity contribution in [2.24, 2.45) is 0 Å². The summed E-state index contributed by atoms with van der Waals surface area (Å²) in [5.41, 5.74) is 1.92. The fourth-order valence-electron chi connectivity index (χ4n) is 2.67. The van der Waals surface area contributed by atoms with Gasteiger partial charge in [-0.25, -0.2) is 9.97 Å². The van der Waals surface area contributed by atoms with Gasteiger partial charge in [-0.15, -0.1) is 11.3 Å². The lowest BCUT2D eigenvalue weighted by molar-refractivity contribution is 0.0360. The number of hydrogen-bond donors (Lipinski definition) is 1. The molecular weight excluding hydrogens is 439 g/mol. The van der Waals surface area contributed by atoms with Crippen LogP contribution in [0.5, 0.6) is 0 Å². The van der Waals surface area contributed by atoms with Crippen molar-refractivity contribution in [2.45, 2.75) is 6.54 Å². The summed E-state index contributed by atoms with van der Waals surface area (Å²) in [5.74, 6) is 0.834. The number of halogens is 1. The first kappa shape index (κ1) is 16.2. The molecule has 1 N–H and O–H groups in total. The fraction of sp³-hybridized carbons (Fsp3) is 0.400. The Hall–Kier alpha value is -1.30. The van der Waals surface area contributed by atoms with Crippen LogP contribution in [0, 0.1) is 2.88 Å². The van der Waals surface area contributed by atoms with E-state index in [1.807, 2.05) is 17.1 Å². The molecule has 1 aliphatic rings. The third-order valence-electron chi connectivity index (χ3n) is 3.93. The van der Waals surface area contributed by atoms with Gasteiger partial charge in [-0.05, 0) is 28.7 Å². The Balaban J connectivity index is 1.42. The number of rotatable bonds is 5. The quantitative estimate of drug-likeness (QED) is 0.596. The lowest BCUT2D eigenvalue weighted by Crippen LogP contribution is -2.38. The second-order valence-corrected chi connectivity index (χ2v) is 8.50. The normalized spacial score (nSPS) is 15.9. The minimum atomic E-state index is 0.829. The van der Waals surface area contributed by atoms with Crippen LogP contribution in [-0.4, -0.2) is 57.5 Å². The third kappa shape index (κ3) is 3.68. The lowest BCUT2D eigenvalue weighted by Gasteiger charge is -2.26. The monoisotopic (exact) mass is 456 g/mol. The van der Waals surface area contributed by atoms with Crippen LogP contribution < -0.4 is 5.32 Å². The van der Waals surface area contributed by atoms with E-state index < -0.39 is 0 Å². The standard InChI is InChI=1S/C15H17IN6OS/c16-13-7-12-14(24-13)15(18-10-17-12)20-11-8-19-22(9-11)2-1-21-3-5-23-6-4-21/h7-10H,1-6H2,(H,17,18,20). The minimum Gasteiger partial charge on any atom is -0.379 e. The maximum absolute atomic E-state index is 5.37. The van der Waals surface area contributed by atoms with Crippen LogP contribution in [0.4, 0.5) is 11.5 Å². The van der Waals surface area contributed by atoms with Crippen LogP contribution in [0.1, 0.15) is 0 Å². The van der Waals surface area contributed by atoms with E-state index in [1.54, 1.807) is 17.7 Å². The Bertz CT molecular complexity index is 828. The van der Waals surface area contributed by atoms with Crippen LogP contribution in [0.3, 0.4) is 0 Å². The second-order valence-electron chi connectivity index (χ2n) is 5.56. The molecule has 0 bridgehead atoms. The van der Waals surface area contributed by atoms with E-state index in [1.165, 1.54) is 2.88 Å². The molecule has 9 heteroatoms. The molecular formula is C15H17IN6OS. The molecule has 0 aliphatic carbocycles. The molecule has 4 heterocycles. The molecule has 0 aromatic carbocycles. The van der Waals surface area contributed by atoms with Crippen molar-refractivity contribution in [3.63, 3.8) is 0 Å². The van der Waals surface area contributed by atoms with Crippen molar-refractivity contribution < 1.29 is 4.74 Å². The topological polar surface area (TPSA) is 68.1 Å². The number of nitrogens with one attached hydrogen (secondary N) is 1. The van der Waals surface area contributed by atoms with Crippen molar-refractivity contribution in [1.82, 2.24) is 24.6 Å². The summed E-state index contributed by atoms with van der Waals surface area (Å²) < 4.78 is 9.61. The van der Waals surface area contributed by atoms with Gasteiger partial charge in [0, 0.05) is 25.8 Å². The van der Waals surface area contributed by atoms with Crippen molar-refractivity contribution in [3.8, 4) is 0 Å². The smallest absolute Gasteiger partial charge is 0.151 e. The summed E-state index contributed by atoms with van der Waals surface area (Å²) in [6.45, 7) is 5.53. The number of anilines is 2. The zero-order chi connectivity index (χ0) is 16.4. The van der Waals surface area contributed by atoms with Crippen LogP contribution >= 0.6 is 33.9 Å². The predicted octanol–water partition coefficient (Wildman–Crippen LogP) is 2.57. The Kier molecular flexibility index (Phi) is 4.92. The van der Waals surface area contributed by atoms with Gasteiger partial charge < -0.3 is 10.1 Å². The van der Waals surface area contributed by atoms with Crippen molar-refractivity contribution in [1.29, 1.82) is 0 Å². The largest absolute Gasteiger partial charge is 0.379 e. The van der Waals surface area contributed by atoms with E-state index in [0.717, 1.165) is 61.1 Å². The highest BCUT2D eigenvalue weighted by molar-refractivity contribution is 14.1. The predicted molar refractivity (Wildman–Crippen MR) is 103 cm³/mol. The Morgan fingerprint density at radius 2 is 2.12 bits per heavy atom. The molecule has 3 aromatic heterocycles. The molecule has 1 fully saturated rings. The van der Waals surface area contributed by atoms with E-state index in [4.69, 9.17) is 4.74 Å². The zero-order valence-electron chi connectivity index (χ0n) is 13.0. The van der Waals surface area contributed by atoms with E-state index >= 15 is 0 Å². The number of ether oxygens (including phenoxy) is 1. The summed E-state index contributed by atoms with van der Waals surface area (Å²) in [7, 11) is 0. The van der Waals surface area contributed by atoms with E-state index in [2.05, 4.69) is 53.9 Å². The summed E-state index contributed by atoms with van der Waals surface area (Å²) in [6, 6.07) is 2.07. The van der Waals surface area contributed by atoms with Crippen molar-refractivity contribution in [3.05, 3.63) is 27.7 Å². The number of thiophene rings is 1. The highest BCUT2D eigenvalue weighted by Gasteiger charge is 2.11. The summed E-state index contributed by atoms with van der Waals surface area (Å²) >= 11 is 4.00. The first-order valence-electron chi connectivity index (χ1n) is 7.77. The molecule has 0 spiro atoms. The fourth-order valence-corrected chi connectivity index (χ4v) is 4.41. The molecule has 0 saturated carbocycles. The van der Waals surface area contributed by atoms with Crippen molar-refractivity contribution in [2.75, 3.05) is 38.2 Å². The van der Waals surface area contributed by atoms with Gasteiger partial charge in [0.1, 0.15) is 6.33 Å². The zero-order valence-corrected chi connectivity index (χ0v) is 16.0. The Morgan fingerprint density at radius 1 is 1.25 bits per heavy atom. The second kappa shape index (κ2) is 7.30. The highest BCUT2D eigenvalue weighted by atomic mass is 127. The molecule has 4 rings (SSSR count). The van der Waals surface area contributed by atoms with Gasteiger partial charge in [-0.3, -0.25) is 9.58 Å². The van der Waals surface area contributed by atoms with E-state index in [9.17, 15) is 0 Å². The maximum atomic E-state index is 5.37. The number of morpholine rings is 1. The molecule has 0 atom stereocenters. The summed E-state index contributed by atoms with van der Waals surface area (Å²) in [4.78, 5) is 11.1. The minimum absolute atomic E-state index is 0.829. The first-order valence-corrected chi connectivity index (χ1v) is 9.67. The number of nitrogens with zero attached hydrogens (tertiary/aromatic N) is 5. The number of hydrogen-bond acceptors (Lipinski definition) is 7. The average Bonchev–Trinajstić information content (AvgIpc) is 3.20. The molecule has 3 aromatic rings. The molecule has 24 heavy (non-hydrogen) atoms. The van der Waals surface area contributed by atoms with E-state index in [0.29, 0.717) is 0 Å². The average molecular weight is 456 g/mol. The molecule has 0 radical (unpaired) electrons. The maximum Gasteiger partial charge on any atom is 0.151 e. The third-order valence-corrected chi connectivity index (χ3v) is 5.82. The summed E-state index contributed by atoms with van der Waals surface area (Å²) in [6.07, 6.45) is 5.45. The summed E-state index contributed by atoms with van der Waals surface area (Å²) in [5, 5.41) is 7.79. The van der Waals surface area contributed by atoms with E-state index in [-0.39, 0.29) is 0 Å². The molecule has 0 amide bonds. The van der Waals surface area contributed by atoms with Gasteiger partial charge >= 0.3 is 0 Å². The van der Waals surface area contributed by atoms with Gasteiger partial charge in [0.15, 0.2) is 5.82 Å². The molecule has 1 saturated heterocycles. The Morgan fingerprint density at radius 3 is 3.00 bits per heavy atom. The molecule has 7 nitrogen and oxygen atoms in total. The molecule has 1 aliphatic heterocycles. The van der Waals surface area contributed by atoms with Gasteiger partial charge in [0.05, 0.1) is 44.7 Å². The highest BCUT2D eigenvalue weighted by Crippen LogP contribution is 2.31. The SMILES string of the molecule is Ic1cc2ncnc(Nc3cnn(CCN4CCOCC4)c3)c2s1. The van der Waals surface area contributed by atoms with Crippen LogP contribution in [0.15, 0.2) is 24.8 Å². The van der Waals surface area contributed by atoms with Gasteiger partial charge in [0.25, 0.3) is 0 Å². The Labute approximate surface area is 157 Å². The van der Waals surface area contributed by atoms with Crippen molar-refractivity contribution >= 4 is 55.6 Å². The molecule has 126 valence electrons. The van der Waals surface area contributed by atoms with Gasteiger partial charge in [0.2, 0.25) is 0 Å². The first-order chi connectivity index (χ1) is 11.8. The number of fused-ring (bicyclic) bond motifs is 1. The lowest BCUT2D eigenvalue weighted by atomic mass is 10.4. The number of aromatic nitrogens is 4. The molecule has 0 unspecified atom stereocenters. The van der Waals surface area contributed by atoms with Crippen LogP contribution in [0.25, 0.3) is 10.2 Å². The van der Waals surface area contributed by atoms with Gasteiger partial charge in [-0.1, -0.05) is 0 Å². The van der Waals surface area contributed by atoms with Crippen LogP contribution in [0.2, 0.25) is 0 Å².